The molecular weight excluding hydrogens is 173 g/mol. The van der Waals surface area contributed by atoms with Gasteiger partial charge in [0.2, 0.25) is 0 Å². The van der Waals surface area contributed by atoms with Gasteiger partial charge >= 0.3 is 0 Å². The maximum atomic E-state index is 13.0. The summed E-state index contributed by atoms with van der Waals surface area (Å²) in [5.74, 6) is -0.617. The van der Waals surface area contributed by atoms with Crippen LogP contribution < -0.4 is 4.74 Å². The lowest BCUT2D eigenvalue weighted by atomic mass is 10.2. The highest BCUT2D eigenvalue weighted by Crippen LogP contribution is 2.22. The van der Waals surface area contributed by atoms with E-state index in [1.807, 2.05) is 0 Å². The zero-order valence-electron chi connectivity index (χ0n) is 6.83. The van der Waals surface area contributed by atoms with Crippen LogP contribution >= 0.6 is 0 Å². The highest BCUT2D eigenvalue weighted by Gasteiger charge is 2.07. The van der Waals surface area contributed by atoms with Crippen molar-refractivity contribution < 1.29 is 14.2 Å². The average molecular weight is 181 g/mol. The zero-order valence-corrected chi connectivity index (χ0v) is 6.83. The average Bonchev–Trinajstić information content (AvgIpc) is 2.15. The van der Waals surface area contributed by atoms with Gasteiger partial charge in [0.05, 0.1) is 6.61 Å². The van der Waals surface area contributed by atoms with Crippen molar-refractivity contribution in [2.24, 2.45) is 0 Å². The topological polar surface area (TPSA) is 53.2 Å². The van der Waals surface area contributed by atoms with E-state index in [1.54, 1.807) is 6.07 Å². The highest BCUT2D eigenvalue weighted by molar-refractivity contribution is 5.34. The van der Waals surface area contributed by atoms with Gasteiger partial charge < -0.3 is 9.84 Å². The second-order valence-electron chi connectivity index (χ2n) is 2.33. The van der Waals surface area contributed by atoms with Crippen molar-refractivity contribution in [1.29, 1.82) is 5.26 Å². The van der Waals surface area contributed by atoms with E-state index < -0.39 is 5.82 Å². The smallest absolute Gasteiger partial charge is 0.174 e. The fourth-order valence-electron chi connectivity index (χ4n) is 0.944. The molecule has 0 amide bonds. The van der Waals surface area contributed by atoms with Crippen molar-refractivity contribution in [3.05, 3.63) is 29.6 Å². The molecule has 0 spiro atoms. The van der Waals surface area contributed by atoms with E-state index in [-0.39, 0.29) is 19.0 Å². The molecule has 0 radical (unpaired) electrons. The number of nitriles is 1. The van der Waals surface area contributed by atoms with Crippen molar-refractivity contribution >= 4 is 0 Å². The predicted molar refractivity (Wildman–Crippen MR) is 43.4 cm³/mol. The Morgan fingerprint density at radius 3 is 2.92 bits per heavy atom. The van der Waals surface area contributed by atoms with Gasteiger partial charge in [-0.15, -0.1) is 0 Å². The molecule has 1 aromatic rings. The molecule has 4 heteroatoms. The van der Waals surface area contributed by atoms with Crippen LogP contribution in [0.15, 0.2) is 18.2 Å². The summed E-state index contributed by atoms with van der Waals surface area (Å²) in [5, 5.41) is 17.0. The molecule has 0 fully saturated rings. The number of aliphatic hydroxyl groups excluding tert-OH is 1. The molecular formula is C9H8FNO2. The molecule has 0 bridgehead atoms. The van der Waals surface area contributed by atoms with Crippen LogP contribution in [-0.4, -0.2) is 11.7 Å². The second kappa shape index (κ2) is 4.43. The molecule has 0 saturated carbocycles. The standard InChI is InChI=1S/C9H8FNO2/c10-8-3-1-2-7(6-12)9(8)13-5-4-11/h1-3,12H,5-6H2. The first-order valence-corrected chi connectivity index (χ1v) is 3.67. The summed E-state index contributed by atoms with van der Waals surface area (Å²) in [5.41, 5.74) is 0.343. The molecule has 1 aromatic carbocycles. The molecule has 0 aromatic heterocycles. The molecule has 1 rings (SSSR count). The van der Waals surface area contributed by atoms with Gasteiger partial charge in [0.25, 0.3) is 0 Å². The largest absolute Gasteiger partial charge is 0.475 e. The summed E-state index contributed by atoms with van der Waals surface area (Å²) in [6, 6.07) is 5.95. The Hall–Kier alpha value is -1.60. The minimum absolute atomic E-state index is 0.0495. The molecule has 0 atom stereocenters. The Balaban J connectivity index is 2.95. The number of aliphatic hydroxyl groups is 1. The van der Waals surface area contributed by atoms with Crippen molar-refractivity contribution in [3.63, 3.8) is 0 Å². The molecule has 13 heavy (non-hydrogen) atoms. The summed E-state index contributed by atoms with van der Waals surface area (Å²) in [6.45, 7) is -0.535. The maximum absolute atomic E-state index is 13.0. The van der Waals surface area contributed by atoms with Gasteiger partial charge in [-0.3, -0.25) is 0 Å². The molecule has 0 aliphatic heterocycles. The van der Waals surface area contributed by atoms with Gasteiger partial charge in [0, 0.05) is 5.56 Å². The van der Waals surface area contributed by atoms with Crippen LogP contribution in [0.1, 0.15) is 5.56 Å². The van der Waals surface area contributed by atoms with Gasteiger partial charge in [0.1, 0.15) is 6.07 Å². The van der Waals surface area contributed by atoms with Crippen LogP contribution in [0.3, 0.4) is 0 Å². The quantitative estimate of drug-likeness (QED) is 0.762. The number of ether oxygens (including phenoxy) is 1. The minimum Gasteiger partial charge on any atom is -0.475 e. The van der Waals surface area contributed by atoms with E-state index in [1.165, 1.54) is 18.2 Å². The van der Waals surface area contributed by atoms with Crippen LogP contribution in [0.4, 0.5) is 4.39 Å². The molecule has 0 unspecified atom stereocenters. The molecule has 0 aliphatic rings. The van der Waals surface area contributed by atoms with Crippen molar-refractivity contribution in [3.8, 4) is 11.8 Å². The number of rotatable bonds is 3. The third kappa shape index (κ3) is 2.17. The predicted octanol–water partition coefficient (Wildman–Crippen LogP) is 1.22. The first kappa shape index (κ1) is 9.49. The highest BCUT2D eigenvalue weighted by atomic mass is 19.1. The lowest BCUT2D eigenvalue weighted by molar-refractivity contribution is 0.266. The van der Waals surface area contributed by atoms with Crippen molar-refractivity contribution in [1.82, 2.24) is 0 Å². The summed E-state index contributed by atoms with van der Waals surface area (Å²) in [6.07, 6.45) is 0. The normalized spacial score (nSPS) is 9.31. The number of nitrogens with zero attached hydrogens (tertiary/aromatic N) is 1. The van der Waals surface area contributed by atoms with E-state index in [4.69, 9.17) is 15.1 Å². The fourth-order valence-corrected chi connectivity index (χ4v) is 0.944. The van der Waals surface area contributed by atoms with E-state index in [2.05, 4.69) is 0 Å². The Kier molecular flexibility index (Phi) is 3.23. The van der Waals surface area contributed by atoms with Crippen LogP contribution in [0, 0.1) is 17.1 Å². The Morgan fingerprint density at radius 2 is 2.31 bits per heavy atom. The van der Waals surface area contributed by atoms with Gasteiger partial charge in [-0.1, -0.05) is 12.1 Å². The second-order valence-corrected chi connectivity index (χ2v) is 2.33. The maximum Gasteiger partial charge on any atom is 0.174 e. The molecule has 0 saturated heterocycles. The van der Waals surface area contributed by atoms with Gasteiger partial charge in [-0.2, -0.15) is 5.26 Å². The molecule has 68 valence electrons. The fraction of sp³-hybridized carbons (Fsp3) is 0.222. The van der Waals surface area contributed by atoms with Crippen LogP contribution in [0.5, 0.6) is 5.75 Å². The summed E-state index contributed by atoms with van der Waals surface area (Å²) in [7, 11) is 0. The lowest BCUT2D eigenvalue weighted by Crippen LogP contribution is -2.00. The third-order valence-corrected chi connectivity index (χ3v) is 1.50. The number of halogens is 1. The summed E-state index contributed by atoms with van der Waals surface area (Å²) < 4.78 is 17.8. The Labute approximate surface area is 75.0 Å². The third-order valence-electron chi connectivity index (χ3n) is 1.50. The van der Waals surface area contributed by atoms with Crippen molar-refractivity contribution in [2.75, 3.05) is 6.61 Å². The number of hydrogen-bond donors (Lipinski definition) is 1. The minimum atomic E-state index is -0.568. The molecule has 1 N–H and O–H groups in total. The zero-order chi connectivity index (χ0) is 9.68. The number of para-hydroxylation sites is 1. The lowest BCUT2D eigenvalue weighted by Gasteiger charge is -2.07. The Bertz CT molecular complexity index is 333. The Morgan fingerprint density at radius 1 is 1.54 bits per heavy atom. The summed E-state index contributed by atoms with van der Waals surface area (Å²) in [4.78, 5) is 0. The van der Waals surface area contributed by atoms with Crippen LogP contribution in [-0.2, 0) is 6.61 Å². The molecule has 3 nitrogen and oxygen atoms in total. The molecule has 0 aliphatic carbocycles. The van der Waals surface area contributed by atoms with E-state index in [0.717, 1.165) is 0 Å². The summed E-state index contributed by atoms with van der Waals surface area (Å²) >= 11 is 0. The van der Waals surface area contributed by atoms with E-state index >= 15 is 0 Å². The van der Waals surface area contributed by atoms with E-state index in [9.17, 15) is 4.39 Å². The molecule has 0 heterocycles. The van der Waals surface area contributed by atoms with E-state index in [0.29, 0.717) is 5.56 Å². The van der Waals surface area contributed by atoms with Crippen molar-refractivity contribution in [2.45, 2.75) is 6.61 Å². The first-order chi connectivity index (χ1) is 6.29. The van der Waals surface area contributed by atoms with Crippen LogP contribution in [0.25, 0.3) is 0 Å². The van der Waals surface area contributed by atoms with Gasteiger partial charge in [-0.25, -0.2) is 4.39 Å². The number of hydrogen-bond acceptors (Lipinski definition) is 3. The van der Waals surface area contributed by atoms with Crippen LogP contribution in [0.2, 0.25) is 0 Å². The van der Waals surface area contributed by atoms with Gasteiger partial charge in [-0.05, 0) is 6.07 Å². The van der Waals surface area contributed by atoms with Gasteiger partial charge in [0.15, 0.2) is 18.2 Å². The monoisotopic (exact) mass is 181 g/mol. The SMILES string of the molecule is N#CCOc1c(F)cccc1CO. The number of benzene rings is 1. The first-order valence-electron chi connectivity index (χ1n) is 3.67.